The number of rotatable bonds is 10. The van der Waals surface area contributed by atoms with E-state index in [1.807, 2.05) is 46.8 Å². The summed E-state index contributed by atoms with van der Waals surface area (Å²) in [6.45, 7) is 21.0. The van der Waals surface area contributed by atoms with Crippen LogP contribution in [0.4, 0.5) is 5.69 Å². The Bertz CT molecular complexity index is 1380. The molecule has 2 aliphatic rings. The van der Waals surface area contributed by atoms with Crippen LogP contribution in [0.25, 0.3) is 10.9 Å². The van der Waals surface area contributed by atoms with Gasteiger partial charge in [0, 0.05) is 51.4 Å². The first-order chi connectivity index (χ1) is 22.5. The Morgan fingerprint density at radius 2 is 1.43 bits per heavy atom. The van der Waals surface area contributed by atoms with E-state index in [9.17, 15) is 8.42 Å². The third-order valence-electron chi connectivity index (χ3n) is 8.24. The normalized spacial score (nSPS) is 15.8. The van der Waals surface area contributed by atoms with Gasteiger partial charge in [-0.2, -0.15) is 0 Å². The fourth-order valence-electron chi connectivity index (χ4n) is 5.86. The number of fused-ring (bicyclic) bond motifs is 1. The Morgan fingerprint density at radius 3 is 2.09 bits per heavy atom. The topological polar surface area (TPSA) is 86.2 Å². The van der Waals surface area contributed by atoms with E-state index in [2.05, 4.69) is 32.7 Å². The molecule has 0 saturated carbocycles. The zero-order chi connectivity index (χ0) is 34.0. The molecule has 0 radical (unpaired) electrons. The van der Waals surface area contributed by atoms with Crippen molar-refractivity contribution >= 4 is 26.4 Å². The molecule has 9 heteroatoms. The minimum absolute atomic E-state index is 0.267. The number of likely N-dealkylation sites (tertiary alicyclic amines) is 1. The average molecular weight is 657 g/mol. The second-order valence-corrected chi connectivity index (χ2v) is 13.2. The number of nitrogens with zero attached hydrogens (tertiary/aromatic N) is 4. The van der Waals surface area contributed by atoms with Crippen molar-refractivity contribution in [2.24, 2.45) is 0 Å². The van der Waals surface area contributed by atoms with Gasteiger partial charge in [-0.25, -0.2) is 8.42 Å². The summed E-state index contributed by atoms with van der Waals surface area (Å²) >= 11 is 0. The second-order valence-electron chi connectivity index (χ2n) is 11.3. The van der Waals surface area contributed by atoms with Gasteiger partial charge in [0.25, 0.3) is 0 Å². The summed E-state index contributed by atoms with van der Waals surface area (Å²) in [5, 5.41) is 7.90. The summed E-state index contributed by atoms with van der Waals surface area (Å²) in [5.74, 6) is 0.692. The van der Waals surface area contributed by atoms with Gasteiger partial charge in [0.1, 0.15) is 10.6 Å². The number of hydrogen-bond donors (Lipinski definition) is 1. The number of benzene rings is 2. The van der Waals surface area contributed by atoms with Crippen molar-refractivity contribution in [1.82, 2.24) is 14.8 Å². The number of piperidine rings is 1. The summed E-state index contributed by atoms with van der Waals surface area (Å²) in [4.78, 5) is 12.6. The molecule has 8 nitrogen and oxygen atoms in total. The molecule has 3 aromatic rings. The Balaban J connectivity index is 0.00000116. The van der Waals surface area contributed by atoms with E-state index in [1.54, 1.807) is 30.5 Å². The zero-order valence-electron chi connectivity index (χ0n) is 29.6. The second kappa shape index (κ2) is 21.2. The van der Waals surface area contributed by atoms with E-state index < -0.39 is 9.84 Å². The highest BCUT2D eigenvalue weighted by Gasteiger charge is 2.28. The van der Waals surface area contributed by atoms with E-state index in [0.717, 1.165) is 87.8 Å². The maximum atomic E-state index is 14.1. The first-order valence-corrected chi connectivity index (χ1v) is 19.0. The lowest BCUT2D eigenvalue weighted by Crippen LogP contribution is -2.39. The smallest absolute Gasteiger partial charge is 0.210 e. The Labute approximate surface area is 279 Å². The predicted octanol–water partition coefficient (Wildman–Crippen LogP) is 7.21. The number of aryl methyl sites for hydroxylation is 1. The minimum atomic E-state index is -3.80. The molecule has 0 unspecified atom stereocenters. The highest BCUT2D eigenvalue weighted by atomic mass is 32.2. The fraction of sp³-hybridized carbons (Fsp3) is 0.595. The first kappa shape index (κ1) is 39.5. The highest BCUT2D eigenvalue weighted by Crippen LogP contribution is 2.37. The Hall–Kier alpha value is -2.72. The van der Waals surface area contributed by atoms with Gasteiger partial charge < -0.3 is 24.5 Å². The van der Waals surface area contributed by atoms with Gasteiger partial charge in [0.2, 0.25) is 9.84 Å². The molecule has 2 aliphatic heterocycles. The monoisotopic (exact) mass is 656 g/mol. The van der Waals surface area contributed by atoms with Crippen molar-refractivity contribution in [2.75, 3.05) is 71.0 Å². The van der Waals surface area contributed by atoms with Crippen molar-refractivity contribution in [1.29, 1.82) is 0 Å². The van der Waals surface area contributed by atoms with Crippen LogP contribution in [0.2, 0.25) is 0 Å². The van der Waals surface area contributed by atoms with Crippen LogP contribution in [0, 0.1) is 6.92 Å². The van der Waals surface area contributed by atoms with Gasteiger partial charge >= 0.3 is 0 Å². The van der Waals surface area contributed by atoms with Crippen LogP contribution in [-0.2, 0) is 9.84 Å². The summed E-state index contributed by atoms with van der Waals surface area (Å²) in [6.07, 6.45) is 8.57. The number of pyridine rings is 1. The van der Waals surface area contributed by atoms with Gasteiger partial charge in [-0.15, -0.1) is 0 Å². The zero-order valence-corrected chi connectivity index (χ0v) is 30.4. The molecular formula is C37H60N4O4S. The largest absolute Gasteiger partial charge is 0.494 e. The molecule has 0 bridgehead atoms. The number of anilines is 1. The van der Waals surface area contributed by atoms with Crippen molar-refractivity contribution in [3.8, 4) is 5.75 Å². The standard InChI is InChI=1S/C32H44N4O3S.2C2H6.CH4O/c1-3-4-23-39-27-10-12-28(13-11-27)40(37,38)31-25-33-30-14-9-26(2)24-29(30)32(31)36-18-8-17-35(21-22-36)20-19-34-15-6-5-7-16-34;3*1-2/h9-14,24-25H,3-8,15-23H2,1-2H3;2*1-2H3;2H,1H3. The fourth-order valence-corrected chi connectivity index (χ4v) is 7.29. The van der Waals surface area contributed by atoms with Crippen LogP contribution in [-0.4, -0.2) is 94.4 Å². The lowest BCUT2D eigenvalue weighted by Gasteiger charge is -2.30. The molecule has 2 saturated heterocycles. The molecular weight excluding hydrogens is 596 g/mol. The summed E-state index contributed by atoms with van der Waals surface area (Å²) in [7, 11) is -2.80. The van der Waals surface area contributed by atoms with Gasteiger partial charge in [-0.1, -0.05) is 59.1 Å². The van der Waals surface area contributed by atoms with Crippen molar-refractivity contribution < 1.29 is 18.3 Å². The lowest BCUT2D eigenvalue weighted by molar-refractivity contribution is 0.186. The number of ether oxygens (including phenoxy) is 1. The minimum Gasteiger partial charge on any atom is -0.494 e. The number of aliphatic hydroxyl groups excluding tert-OH is 1. The third-order valence-corrected chi connectivity index (χ3v) is 10.0. The van der Waals surface area contributed by atoms with E-state index in [4.69, 9.17) is 9.84 Å². The number of aromatic nitrogens is 1. The van der Waals surface area contributed by atoms with E-state index in [1.165, 1.54) is 32.4 Å². The number of aliphatic hydroxyl groups is 1. The molecule has 1 N–H and O–H groups in total. The van der Waals surface area contributed by atoms with Crippen molar-refractivity contribution in [2.45, 2.75) is 89.9 Å². The number of unbranched alkanes of at least 4 members (excludes halogenated alkanes) is 1. The molecule has 0 atom stereocenters. The molecule has 0 aliphatic carbocycles. The SMILES string of the molecule is CC.CC.CCCCOc1ccc(S(=O)(=O)c2cnc3ccc(C)cc3c2N2CCCN(CCN3CCCCC3)CC2)cc1.CO. The molecule has 0 spiro atoms. The van der Waals surface area contributed by atoms with Crippen molar-refractivity contribution in [3.05, 3.63) is 54.2 Å². The van der Waals surface area contributed by atoms with Gasteiger partial charge in [-0.05, 0) is 88.6 Å². The molecule has 2 aromatic carbocycles. The third kappa shape index (κ3) is 10.9. The summed E-state index contributed by atoms with van der Waals surface area (Å²) < 4.78 is 34.0. The summed E-state index contributed by atoms with van der Waals surface area (Å²) in [6, 6.07) is 12.9. The van der Waals surface area contributed by atoms with E-state index in [-0.39, 0.29) is 9.79 Å². The Kier molecular flexibility index (Phi) is 18.2. The molecule has 1 aromatic heterocycles. The molecule has 258 valence electrons. The van der Waals surface area contributed by atoms with Crippen LogP contribution >= 0.6 is 0 Å². The van der Waals surface area contributed by atoms with Crippen LogP contribution in [0.3, 0.4) is 0 Å². The predicted molar refractivity (Wildman–Crippen MR) is 193 cm³/mol. The first-order valence-electron chi connectivity index (χ1n) is 17.5. The maximum Gasteiger partial charge on any atom is 0.210 e. The average Bonchev–Trinajstić information content (AvgIpc) is 3.36. The van der Waals surface area contributed by atoms with E-state index >= 15 is 0 Å². The van der Waals surface area contributed by atoms with E-state index in [0.29, 0.717) is 12.4 Å². The molecule has 3 heterocycles. The van der Waals surface area contributed by atoms with Gasteiger partial charge in [0.15, 0.2) is 0 Å². The quantitative estimate of drug-likeness (QED) is 0.229. The van der Waals surface area contributed by atoms with Crippen molar-refractivity contribution in [3.63, 3.8) is 0 Å². The highest BCUT2D eigenvalue weighted by molar-refractivity contribution is 7.91. The maximum absolute atomic E-state index is 14.1. The molecule has 2 fully saturated rings. The van der Waals surface area contributed by atoms with Crippen LogP contribution in [0.15, 0.2) is 58.5 Å². The summed E-state index contributed by atoms with van der Waals surface area (Å²) in [5.41, 5.74) is 2.71. The van der Waals surface area contributed by atoms with Gasteiger partial charge in [-0.3, -0.25) is 4.98 Å². The molecule has 46 heavy (non-hydrogen) atoms. The lowest BCUT2D eigenvalue weighted by atomic mass is 10.1. The van der Waals surface area contributed by atoms with Crippen LogP contribution in [0.5, 0.6) is 5.75 Å². The van der Waals surface area contributed by atoms with Gasteiger partial charge in [0.05, 0.1) is 22.7 Å². The Morgan fingerprint density at radius 1 is 0.804 bits per heavy atom. The number of sulfone groups is 1. The van der Waals surface area contributed by atoms with Crippen LogP contribution in [0.1, 0.15) is 78.7 Å². The number of hydrogen-bond acceptors (Lipinski definition) is 8. The molecule has 5 rings (SSSR count). The molecule has 0 amide bonds. The van der Waals surface area contributed by atoms with Crippen LogP contribution < -0.4 is 9.64 Å².